The van der Waals surface area contributed by atoms with E-state index in [1.165, 1.54) is 0 Å². The molecule has 7 heteroatoms. The van der Waals surface area contributed by atoms with Gasteiger partial charge in [0.05, 0.1) is 30.8 Å². The molecule has 0 radical (unpaired) electrons. The minimum absolute atomic E-state index is 0.171. The van der Waals surface area contributed by atoms with Crippen molar-refractivity contribution in [1.29, 1.82) is 5.26 Å². The number of nitriles is 1. The number of benzene rings is 1. The number of ether oxygens (including phenoxy) is 1. The normalized spacial score (nSPS) is 18.3. The molecular weight excluding hydrogens is 354 g/mol. The van der Waals surface area contributed by atoms with Gasteiger partial charge in [-0.05, 0) is 18.6 Å². The van der Waals surface area contributed by atoms with Gasteiger partial charge in [-0.15, -0.1) is 0 Å². The van der Waals surface area contributed by atoms with E-state index in [9.17, 15) is 10.1 Å². The summed E-state index contributed by atoms with van der Waals surface area (Å²) in [5.41, 5.74) is 2.50. The zero-order valence-corrected chi connectivity index (χ0v) is 16.2. The summed E-state index contributed by atoms with van der Waals surface area (Å²) in [4.78, 5) is 23.6. The predicted octanol–water partition coefficient (Wildman–Crippen LogP) is 1.40. The van der Waals surface area contributed by atoms with Gasteiger partial charge in [-0.3, -0.25) is 9.69 Å². The molecule has 3 heterocycles. The highest BCUT2D eigenvalue weighted by atomic mass is 16.5. The molecule has 0 unspecified atom stereocenters. The minimum Gasteiger partial charge on any atom is -0.379 e. The maximum Gasteiger partial charge on any atom is 0.236 e. The highest BCUT2D eigenvalue weighted by molar-refractivity contribution is 5.87. The van der Waals surface area contributed by atoms with Crippen LogP contribution in [0.3, 0.4) is 0 Å². The first-order valence-corrected chi connectivity index (χ1v) is 9.79. The standard InChI is InChI=1S/C21H25N5O2/c1-16-17-4-2-3-5-19(17)23-21(18(16)14-22)26-8-6-25(7-9-26)20(27)15-24-10-12-28-13-11-24/h2-5H,6-13,15H2,1H3. The van der Waals surface area contributed by atoms with E-state index in [2.05, 4.69) is 15.9 Å². The van der Waals surface area contributed by atoms with Crippen LogP contribution in [0.5, 0.6) is 0 Å². The van der Waals surface area contributed by atoms with E-state index in [-0.39, 0.29) is 5.91 Å². The van der Waals surface area contributed by atoms with Crippen molar-refractivity contribution in [2.24, 2.45) is 0 Å². The predicted molar refractivity (Wildman–Crippen MR) is 107 cm³/mol. The first-order valence-electron chi connectivity index (χ1n) is 9.79. The number of pyridine rings is 1. The molecule has 2 aliphatic heterocycles. The van der Waals surface area contributed by atoms with Crippen LogP contribution in [-0.2, 0) is 9.53 Å². The molecule has 1 aromatic carbocycles. The number of para-hydroxylation sites is 1. The molecule has 2 aromatic rings. The smallest absolute Gasteiger partial charge is 0.236 e. The van der Waals surface area contributed by atoms with Crippen molar-refractivity contribution < 1.29 is 9.53 Å². The van der Waals surface area contributed by atoms with Crippen LogP contribution in [0.25, 0.3) is 10.9 Å². The number of carbonyl (C=O) groups is 1. The Morgan fingerprint density at radius 2 is 1.86 bits per heavy atom. The molecule has 0 N–H and O–H groups in total. The Kier molecular flexibility index (Phi) is 5.42. The lowest BCUT2D eigenvalue weighted by Gasteiger charge is -2.37. The summed E-state index contributed by atoms with van der Waals surface area (Å²) in [5.74, 6) is 0.906. The number of aromatic nitrogens is 1. The van der Waals surface area contributed by atoms with Gasteiger partial charge in [-0.2, -0.15) is 5.26 Å². The number of hydrogen-bond donors (Lipinski definition) is 0. The van der Waals surface area contributed by atoms with Crippen molar-refractivity contribution in [2.45, 2.75) is 6.92 Å². The Balaban J connectivity index is 1.46. The summed E-state index contributed by atoms with van der Waals surface area (Å²) in [6, 6.07) is 10.3. The number of amides is 1. The first-order chi connectivity index (χ1) is 13.7. The maximum atomic E-state index is 12.6. The summed E-state index contributed by atoms with van der Waals surface area (Å²) < 4.78 is 5.35. The van der Waals surface area contributed by atoms with Gasteiger partial charge in [0, 0.05) is 44.7 Å². The third-order valence-corrected chi connectivity index (χ3v) is 5.64. The molecule has 4 rings (SSSR count). The van der Waals surface area contributed by atoms with Gasteiger partial charge in [0.25, 0.3) is 0 Å². The molecule has 0 saturated carbocycles. The second-order valence-corrected chi connectivity index (χ2v) is 7.32. The van der Waals surface area contributed by atoms with E-state index >= 15 is 0 Å². The molecule has 0 spiro atoms. The molecule has 146 valence electrons. The summed E-state index contributed by atoms with van der Waals surface area (Å²) in [5, 5.41) is 10.7. The number of fused-ring (bicyclic) bond motifs is 1. The summed E-state index contributed by atoms with van der Waals surface area (Å²) >= 11 is 0. The molecule has 7 nitrogen and oxygen atoms in total. The number of nitrogens with zero attached hydrogens (tertiary/aromatic N) is 5. The van der Waals surface area contributed by atoms with Crippen LogP contribution in [0.4, 0.5) is 5.82 Å². The molecule has 0 aliphatic carbocycles. The van der Waals surface area contributed by atoms with Crippen LogP contribution in [0, 0.1) is 18.3 Å². The fraction of sp³-hybridized carbons (Fsp3) is 0.476. The van der Waals surface area contributed by atoms with Gasteiger partial charge in [0.15, 0.2) is 0 Å². The van der Waals surface area contributed by atoms with Gasteiger partial charge in [0.2, 0.25) is 5.91 Å². The fourth-order valence-electron chi connectivity index (χ4n) is 3.94. The monoisotopic (exact) mass is 379 g/mol. The average molecular weight is 379 g/mol. The molecule has 1 amide bonds. The fourth-order valence-corrected chi connectivity index (χ4v) is 3.94. The summed E-state index contributed by atoms with van der Waals surface area (Å²) in [6.45, 7) is 8.16. The van der Waals surface area contributed by atoms with Crippen molar-refractivity contribution in [3.05, 3.63) is 35.4 Å². The largest absolute Gasteiger partial charge is 0.379 e. The van der Waals surface area contributed by atoms with Crippen molar-refractivity contribution in [2.75, 3.05) is 63.9 Å². The minimum atomic E-state index is 0.171. The van der Waals surface area contributed by atoms with E-state index in [4.69, 9.17) is 9.72 Å². The van der Waals surface area contributed by atoms with Crippen LogP contribution in [0.2, 0.25) is 0 Å². The number of rotatable bonds is 3. The number of aryl methyl sites for hydroxylation is 1. The number of piperazine rings is 1. The van der Waals surface area contributed by atoms with Gasteiger partial charge in [-0.25, -0.2) is 4.98 Å². The molecule has 0 atom stereocenters. The SMILES string of the molecule is Cc1c(C#N)c(N2CCN(C(=O)CN3CCOCC3)CC2)nc2ccccc12. The molecule has 1 aromatic heterocycles. The van der Waals surface area contributed by atoms with Crippen LogP contribution < -0.4 is 4.90 Å². The molecular formula is C21H25N5O2. The van der Waals surface area contributed by atoms with E-state index in [0.29, 0.717) is 51.5 Å². The number of carbonyl (C=O) groups excluding carboxylic acids is 1. The van der Waals surface area contributed by atoms with Crippen molar-refractivity contribution in [1.82, 2.24) is 14.8 Å². The van der Waals surface area contributed by atoms with Crippen molar-refractivity contribution in [3.8, 4) is 6.07 Å². The lowest BCUT2D eigenvalue weighted by atomic mass is 10.0. The quantitative estimate of drug-likeness (QED) is 0.803. The van der Waals surface area contributed by atoms with Gasteiger partial charge in [0.1, 0.15) is 11.9 Å². The molecule has 2 aliphatic rings. The Hall–Kier alpha value is -2.69. The van der Waals surface area contributed by atoms with Crippen molar-refractivity contribution >= 4 is 22.6 Å². The van der Waals surface area contributed by atoms with Crippen LogP contribution in [-0.4, -0.2) is 79.7 Å². The zero-order valence-electron chi connectivity index (χ0n) is 16.2. The van der Waals surface area contributed by atoms with E-state index in [1.54, 1.807) is 0 Å². The Morgan fingerprint density at radius 1 is 1.14 bits per heavy atom. The third-order valence-electron chi connectivity index (χ3n) is 5.64. The van der Waals surface area contributed by atoms with Crippen molar-refractivity contribution in [3.63, 3.8) is 0 Å². The highest BCUT2D eigenvalue weighted by Gasteiger charge is 2.26. The van der Waals surface area contributed by atoms with Crippen LogP contribution in [0.15, 0.2) is 24.3 Å². The summed E-state index contributed by atoms with van der Waals surface area (Å²) in [6.07, 6.45) is 0. The maximum absolute atomic E-state index is 12.6. The second kappa shape index (κ2) is 8.13. The van der Waals surface area contributed by atoms with Crippen LogP contribution in [0.1, 0.15) is 11.1 Å². The van der Waals surface area contributed by atoms with E-state index in [1.807, 2.05) is 36.1 Å². The van der Waals surface area contributed by atoms with Gasteiger partial charge in [-0.1, -0.05) is 18.2 Å². The average Bonchev–Trinajstić information content (AvgIpc) is 2.74. The first kappa shape index (κ1) is 18.7. The van der Waals surface area contributed by atoms with E-state index < -0.39 is 0 Å². The zero-order chi connectivity index (χ0) is 19.5. The molecule has 0 bridgehead atoms. The van der Waals surface area contributed by atoms with E-state index in [0.717, 1.165) is 35.4 Å². The summed E-state index contributed by atoms with van der Waals surface area (Å²) in [7, 11) is 0. The number of anilines is 1. The number of hydrogen-bond acceptors (Lipinski definition) is 6. The highest BCUT2D eigenvalue weighted by Crippen LogP contribution is 2.28. The Morgan fingerprint density at radius 3 is 2.57 bits per heavy atom. The topological polar surface area (TPSA) is 72.7 Å². The van der Waals surface area contributed by atoms with Gasteiger partial charge < -0.3 is 14.5 Å². The molecule has 2 fully saturated rings. The van der Waals surface area contributed by atoms with Crippen LogP contribution >= 0.6 is 0 Å². The molecule has 28 heavy (non-hydrogen) atoms. The van der Waals surface area contributed by atoms with Gasteiger partial charge >= 0.3 is 0 Å². The Labute approximate surface area is 165 Å². The molecule has 2 saturated heterocycles. The Bertz CT molecular complexity index is 909. The lowest BCUT2D eigenvalue weighted by molar-refractivity contribution is -0.133. The third kappa shape index (κ3) is 3.66. The number of morpholine rings is 1. The second-order valence-electron chi connectivity index (χ2n) is 7.32. The lowest BCUT2D eigenvalue weighted by Crippen LogP contribution is -2.52.